The van der Waals surface area contributed by atoms with Gasteiger partial charge in [0.25, 0.3) is 5.79 Å². The Morgan fingerprint density at radius 2 is 2.04 bits per heavy atom. The first-order valence-corrected chi connectivity index (χ1v) is 10.2. The highest BCUT2D eigenvalue weighted by Gasteiger charge is 2.36. The van der Waals surface area contributed by atoms with Gasteiger partial charge in [0.1, 0.15) is 5.78 Å². The summed E-state index contributed by atoms with van der Waals surface area (Å²) in [4.78, 5) is 22.9. The molecule has 28 heavy (non-hydrogen) atoms. The van der Waals surface area contributed by atoms with E-state index in [9.17, 15) is 19.8 Å². The molecule has 2 fully saturated rings. The molecule has 154 valence electrons. The molecule has 2 atom stereocenters. The van der Waals surface area contributed by atoms with Crippen LogP contribution in [0, 0.1) is 29.1 Å². The van der Waals surface area contributed by atoms with E-state index in [-0.39, 0.29) is 30.5 Å². The number of carboxylic acid groups (broad SMARTS) is 1. The van der Waals surface area contributed by atoms with Crippen LogP contribution in [0.2, 0.25) is 0 Å². The van der Waals surface area contributed by atoms with Crippen LogP contribution in [-0.4, -0.2) is 32.9 Å². The van der Waals surface area contributed by atoms with Crippen LogP contribution in [0.15, 0.2) is 24.3 Å². The highest BCUT2D eigenvalue weighted by Crippen LogP contribution is 2.47. The van der Waals surface area contributed by atoms with Gasteiger partial charge in [0, 0.05) is 25.2 Å². The van der Waals surface area contributed by atoms with Gasteiger partial charge in [0.05, 0.1) is 0 Å². The van der Waals surface area contributed by atoms with Gasteiger partial charge in [-0.25, -0.2) is 4.79 Å². The fraction of sp³-hybridized carbons (Fsp3) is 0.652. The van der Waals surface area contributed by atoms with E-state index in [2.05, 4.69) is 24.0 Å². The second-order valence-corrected chi connectivity index (χ2v) is 8.23. The molecule has 0 spiro atoms. The molecular formula is C23H32O5. The lowest BCUT2D eigenvalue weighted by molar-refractivity contribution is -0.205. The molecule has 2 saturated carbocycles. The van der Waals surface area contributed by atoms with E-state index < -0.39 is 11.8 Å². The van der Waals surface area contributed by atoms with Crippen molar-refractivity contribution in [3.63, 3.8) is 0 Å². The maximum Gasteiger partial charge on any atom is 0.364 e. The van der Waals surface area contributed by atoms with E-state index in [4.69, 9.17) is 5.11 Å². The quantitative estimate of drug-likeness (QED) is 0.302. The van der Waals surface area contributed by atoms with Crippen LogP contribution in [0.5, 0.6) is 0 Å². The predicted molar refractivity (Wildman–Crippen MR) is 107 cm³/mol. The van der Waals surface area contributed by atoms with E-state index in [1.54, 1.807) is 6.08 Å². The zero-order chi connectivity index (χ0) is 20.6. The Morgan fingerprint density at radius 3 is 2.64 bits per heavy atom. The lowest BCUT2D eigenvalue weighted by atomic mass is 9.64. The first-order valence-electron chi connectivity index (χ1n) is 10.2. The summed E-state index contributed by atoms with van der Waals surface area (Å²) in [6.07, 6.45) is 15.8. The van der Waals surface area contributed by atoms with Crippen LogP contribution < -0.4 is 0 Å². The molecule has 5 nitrogen and oxygen atoms in total. The second-order valence-electron chi connectivity index (χ2n) is 8.23. The average molecular weight is 389 g/mol. The van der Waals surface area contributed by atoms with Gasteiger partial charge in [-0.1, -0.05) is 30.7 Å². The Bertz CT molecular complexity index is 673. The van der Waals surface area contributed by atoms with Crippen molar-refractivity contribution in [2.24, 2.45) is 17.3 Å². The minimum Gasteiger partial charge on any atom is -0.477 e. The van der Waals surface area contributed by atoms with E-state index in [1.807, 2.05) is 13.0 Å². The molecule has 2 aliphatic rings. The molecule has 0 radical (unpaired) electrons. The van der Waals surface area contributed by atoms with E-state index in [0.29, 0.717) is 18.3 Å². The number of carboxylic acids is 1. The van der Waals surface area contributed by atoms with Gasteiger partial charge in [0.15, 0.2) is 0 Å². The van der Waals surface area contributed by atoms with Crippen LogP contribution in [0.25, 0.3) is 0 Å². The largest absolute Gasteiger partial charge is 0.477 e. The SMILES string of the molecule is CC#CCC1(C/C=C/[C@H]2CCC(=O)[C@@H]2C/C=C\CCC(O)(O)C(=O)O)CCC1. The molecule has 5 heteroatoms. The number of aliphatic carboxylic acids is 1. The highest BCUT2D eigenvalue weighted by atomic mass is 16.5. The van der Waals surface area contributed by atoms with Crippen molar-refractivity contribution < 1.29 is 24.9 Å². The maximum atomic E-state index is 12.2. The van der Waals surface area contributed by atoms with E-state index in [0.717, 1.165) is 19.3 Å². The Balaban J connectivity index is 1.82. The van der Waals surface area contributed by atoms with Gasteiger partial charge in [-0.05, 0) is 56.8 Å². The van der Waals surface area contributed by atoms with Gasteiger partial charge in [-0.3, -0.25) is 4.79 Å². The number of allylic oxidation sites excluding steroid dienone is 4. The zero-order valence-corrected chi connectivity index (χ0v) is 16.7. The first-order chi connectivity index (χ1) is 13.3. The zero-order valence-electron chi connectivity index (χ0n) is 16.7. The monoisotopic (exact) mass is 388 g/mol. The molecule has 0 amide bonds. The van der Waals surface area contributed by atoms with Gasteiger partial charge in [-0.2, -0.15) is 0 Å². The summed E-state index contributed by atoms with van der Waals surface area (Å²) in [7, 11) is 0. The molecule has 2 rings (SSSR count). The maximum absolute atomic E-state index is 12.2. The second kappa shape index (κ2) is 10.0. The third-order valence-corrected chi connectivity index (χ3v) is 6.20. The minimum atomic E-state index is -2.70. The third kappa shape index (κ3) is 6.05. The van der Waals surface area contributed by atoms with Gasteiger partial charge in [-0.15, -0.1) is 11.8 Å². The van der Waals surface area contributed by atoms with Crippen molar-refractivity contribution in [2.75, 3.05) is 0 Å². The molecule has 0 aromatic rings. The number of hydrogen-bond acceptors (Lipinski definition) is 4. The predicted octanol–water partition coefficient (Wildman–Crippen LogP) is 3.60. The summed E-state index contributed by atoms with van der Waals surface area (Å²) < 4.78 is 0. The fourth-order valence-corrected chi connectivity index (χ4v) is 4.12. The Kier molecular flexibility index (Phi) is 8.03. The summed E-state index contributed by atoms with van der Waals surface area (Å²) >= 11 is 0. The Morgan fingerprint density at radius 1 is 1.29 bits per heavy atom. The highest BCUT2D eigenvalue weighted by molar-refractivity contribution is 5.83. The summed E-state index contributed by atoms with van der Waals surface area (Å²) in [6, 6.07) is 0. The Labute approximate surface area is 167 Å². The van der Waals surface area contributed by atoms with Crippen LogP contribution in [0.1, 0.15) is 71.1 Å². The molecule has 0 bridgehead atoms. The number of Topliss-reactive ketones (excluding diaryl/α,β-unsaturated/α-hetero) is 1. The molecule has 3 N–H and O–H groups in total. The molecule has 0 aromatic carbocycles. The summed E-state index contributed by atoms with van der Waals surface area (Å²) in [6.45, 7) is 1.88. The number of hydrogen-bond donors (Lipinski definition) is 3. The summed E-state index contributed by atoms with van der Waals surface area (Å²) in [5.74, 6) is 2.37. The van der Waals surface area contributed by atoms with Crippen molar-refractivity contribution >= 4 is 11.8 Å². The third-order valence-electron chi connectivity index (χ3n) is 6.20. The molecule has 0 unspecified atom stereocenters. The lowest BCUT2D eigenvalue weighted by Crippen LogP contribution is -2.37. The normalized spacial score (nSPS) is 24.3. The van der Waals surface area contributed by atoms with Crippen molar-refractivity contribution in [1.82, 2.24) is 0 Å². The number of carbonyl (C=O) groups excluding carboxylic acids is 1. The van der Waals surface area contributed by atoms with Crippen LogP contribution in [-0.2, 0) is 9.59 Å². The Hall–Kier alpha value is -1.90. The average Bonchev–Trinajstić information content (AvgIpc) is 2.96. The van der Waals surface area contributed by atoms with Gasteiger partial charge in [0.2, 0.25) is 0 Å². The van der Waals surface area contributed by atoms with Crippen molar-refractivity contribution in [3.8, 4) is 11.8 Å². The van der Waals surface area contributed by atoms with Crippen molar-refractivity contribution in [1.29, 1.82) is 0 Å². The first kappa shape index (κ1) is 22.4. The lowest BCUT2D eigenvalue weighted by Gasteiger charge is -2.40. The standard InChI is InChI=1S/C23H32O5/c1-2-3-13-22(15-8-16-22)14-7-9-18-11-12-20(24)19(18)10-5-4-6-17-23(27,28)21(25)26/h4-5,7,9,18-19,27-28H,6,8,10-17H2,1H3,(H,25,26)/b5-4-,9-7+/t18-,19+/m0/s1. The summed E-state index contributed by atoms with van der Waals surface area (Å²) in [5.41, 5.74) is 0.336. The number of carbonyl (C=O) groups is 2. The number of rotatable bonds is 10. The molecule has 0 aliphatic heterocycles. The molecule has 0 heterocycles. The fourth-order valence-electron chi connectivity index (χ4n) is 4.12. The molecule has 0 saturated heterocycles. The molecule has 2 aliphatic carbocycles. The minimum absolute atomic E-state index is 0.0345. The van der Waals surface area contributed by atoms with Crippen LogP contribution >= 0.6 is 0 Å². The topological polar surface area (TPSA) is 94.8 Å². The van der Waals surface area contributed by atoms with Gasteiger partial charge < -0.3 is 15.3 Å². The van der Waals surface area contributed by atoms with Gasteiger partial charge >= 0.3 is 5.97 Å². The van der Waals surface area contributed by atoms with E-state index >= 15 is 0 Å². The van der Waals surface area contributed by atoms with Crippen molar-refractivity contribution in [3.05, 3.63) is 24.3 Å². The summed E-state index contributed by atoms with van der Waals surface area (Å²) in [5, 5.41) is 27.2. The van der Waals surface area contributed by atoms with E-state index in [1.165, 1.54) is 19.3 Å². The number of aliphatic hydroxyl groups is 2. The van der Waals surface area contributed by atoms with Crippen molar-refractivity contribution in [2.45, 2.75) is 76.9 Å². The number of ketones is 1. The van der Waals surface area contributed by atoms with Crippen LogP contribution in [0.3, 0.4) is 0 Å². The molecule has 0 aromatic heterocycles. The smallest absolute Gasteiger partial charge is 0.364 e. The molecular weight excluding hydrogens is 356 g/mol. The van der Waals surface area contributed by atoms with Crippen LogP contribution in [0.4, 0.5) is 0 Å².